The second-order valence-electron chi connectivity index (χ2n) is 5.14. The molecule has 0 radical (unpaired) electrons. The molecule has 5 heteroatoms. The Kier molecular flexibility index (Phi) is 4.48. The van der Waals surface area contributed by atoms with Crippen LogP contribution >= 0.6 is 11.6 Å². The molecule has 0 fully saturated rings. The van der Waals surface area contributed by atoms with E-state index >= 15 is 0 Å². The van der Waals surface area contributed by atoms with Gasteiger partial charge in [-0.2, -0.15) is 5.10 Å². The minimum Gasteiger partial charge on any atom is -0.394 e. The summed E-state index contributed by atoms with van der Waals surface area (Å²) in [5, 5.41) is 14.7. The third-order valence-electron chi connectivity index (χ3n) is 3.69. The van der Waals surface area contributed by atoms with Gasteiger partial charge in [0.25, 0.3) is 0 Å². The van der Waals surface area contributed by atoms with Crippen molar-refractivity contribution in [3.8, 4) is 0 Å². The van der Waals surface area contributed by atoms with E-state index in [-0.39, 0.29) is 6.61 Å². The lowest BCUT2D eigenvalue weighted by atomic mass is 9.88. The summed E-state index contributed by atoms with van der Waals surface area (Å²) >= 11 is 6.14. The summed E-state index contributed by atoms with van der Waals surface area (Å²) in [4.78, 5) is 0. The Bertz CT molecular complexity index is 582. The molecule has 1 atom stereocenters. The average Bonchev–Trinajstić information content (AvgIpc) is 2.73. The SMILES string of the molecule is Cc1nn(CCC(N)(CO)c2ccccc2)c(C)c1Cl. The van der Waals surface area contributed by atoms with Gasteiger partial charge in [-0.05, 0) is 25.8 Å². The molecule has 2 aromatic rings. The second-order valence-corrected chi connectivity index (χ2v) is 5.52. The van der Waals surface area contributed by atoms with Gasteiger partial charge in [-0.3, -0.25) is 4.68 Å². The van der Waals surface area contributed by atoms with E-state index in [1.165, 1.54) is 0 Å². The van der Waals surface area contributed by atoms with Gasteiger partial charge >= 0.3 is 0 Å². The van der Waals surface area contributed by atoms with Gasteiger partial charge in [0.15, 0.2) is 0 Å². The number of aliphatic hydroxyl groups is 1. The molecule has 0 aliphatic rings. The van der Waals surface area contributed by atoms with Crippen LogP contribution < -0.4 is 5.73 Å². The highest BCUT2D eigenvalue weighted by atomic mass is 35.5. The summed E-state index contributed by atoms with van der Waals surface area (Å²) in [5.74, 6) is 0. The molecule has 0 saturated heterocycles. The lowest BCUT2D eigenvalue weighted by Crippen LogP contribution is -2.41. The first-order chi connectivity index (χ1) is 9.48. The van der Waals surface area contributed by atoms with Crippen LogP contribution in [0.15, 0.2) is 30.3 Å². The number of aliphatic hydroxyl groups excluding tert-OH is 1. The fourth-order valence-electron chi connectivity index (χ4n) is 2.28. The van der Waals surface area contributed by atoms with E-state index in [2.05, 4.69) is 5.10 Å². The highest BCUT2D eigenvalue weighted by Gasteiger charge is 2.26. The average molecular weight is 294 g/mol. The molecule has 0 amide bonds. The molecule has 4 nitrogen and oxygen atoms in total. The summed E-state index contributed by atoms with van der Waals surface area (Å²) in [6.45, 7) is 4.32. The fourth-order valence-corrected chi connectivity index (χ4v) is 2.42. The van der Waals surface area contributed by atoms with Crippen LogP contribution in [0.25, 0.3) is 0 Å². The Labute approximate surface area is 124 Å². The molecule has 0 saturated carbocycles. The Morgan fingerprint density at radius 1 is 1.30 bits per heavy atom. The third-order valence-corrected chi connectivity index (χ3v) is 4.24. The van der Waals surface area contributed by atoms with Gasteiger partial charge in [-0.25, -0.2) is 0 Å². The smallest absolute Gasteiger partial charge is 0.0844 e. The fraction of sp³-hybridized carbons (Fsp3) is 0.400. The molecule has 20 heavy (non-hydrogen) atoms. The van der Waals surface area contributed by atoms with E-state index in [1.54, 1.807) is 0 Å². The highest BCUT2D eigenvalue weighted by molar-refractivity contribution is 6.31. The van der Waals surface area contributed by atoms with Crippen molar-refractivity contribution in [1.29, 1.82) is 0 Å². The molecule has 1 heterocycles. The maximum absolute atomic E-state index is 9.67. The summed E-state index contributed by atoms with van der Waals surface area (Å²) in [6, 6.07) is 9.65. The zero-order valence-electron chi connectivity index (χ0n) is 11.8. The topological polar surface area (TPSA) is 64.1 Å². The highest BCUT2D eigenvalue weighted by Crippen LogP contribution is 2.24. The first-order valence-electron chi connectivity index (χ1n) is 6.63. The minimum atomic E-state index is -0.764. The quantitative estimate of drug-likeness (QED) is 0.890. The number of hydrogen-bond acceptors (Lipinski definition) is 3. The van der Waals surface area contributed by atoms with Gasteiger partial charge in [-0.1, -0.05) is 41.9 Å². The van der Waals surface area contributed by atoms with E-state index in [0.717, 1.165) is 17.0 Å². The van der Waals surface area contributed by atoms with Crippen molar-refractivity contribution in [2.75, 3.05) is 6.61 Å². The van der Waals surface area contributed by atoms with Gasteiger partial charge in [-0.15, -0.1) is 0 Å². The molecule has 3 N–H and O–H groups in total. The Balaban J connectivity index is 2.17. The van der Waals surface area contributed by atoms with Gasteiger partial charge < -0.3 is 10.8 Å². The molecular weight excluding hydrogens is 274 g/mol. The zero-order chi connectivity index (χ0) is 14.8. The number of nitrogens with two attached hydrogens (primary N) is 1. The number of benzene rings is 1. The second kappa shape index (κ2) is 5.95. The Hall–Kier alpha value is -1.36. The van der Waals surface area contributed by atoms with Crippen molar-refractivity contribution in [1.82, 2.24) is 9.78 Å². The number of halogens is 1. The maximum Gasteiger partial charge on any atom is 0.0844 e. The van der Waals surface area contributed by atoms with E-state index in [1.807, 2.05) is 48.9 Å². The van der Waals surface area contributed by atoms with Crippen LogP contribution in [0.3, 0.4) is 0 Å². The van der Waals surface area contributed by atoms with Gasteiger partial charge in [0.05, 0.1) is 28.6 Å². The predicted octanol–water partition coefficient (Wildman–Crippen LogP) is 2.39. The molecular formula is C15H20ClN3O. The lowest BCUT2D eigenvalue weighted by Gasteiger charge is -2.28. The first-order valence-corrected chi connectivity index (χ1v) is 7.00. The van der Waals surface area contributed by atoms with Gasteiger partial charge in [0, 0.05) is 6.54 Å². The maximum atomic E-state index is 9.67. The van der Waals surface area contributed by atoms with Crippen molar-refractivity contribution >= 4 is 11.6 Å². The normalized spacial score (nSPS) is 14.2. The third kappa shape index (κ3) is 2.87. The van der Waals surface area contributed by atoms with Crippen molar-refractivity contribution in [3.05, 3.63) is 52.3 Å². The standard InChI is InChI=1S/C15H20ClN3O/c1-11-14(16)12(2)19(18-11)9-8-15(17,10-20)13-6-4-3-5-7-13/h3-7,20H,8-10,17H2,1-2H3. The van der Waals surface area contributed by atoms with E-state index in [4.69, 9.17) is 17.3 Å². The zero-order valence-corrected chi connectivity index (χ0v) is 12.6. The van der Waals surface area contributed by atoms with Crippen molar-refractivity contribution in [2.24, 2.45) is 5.73 Å². The van der Waals surface area contributed by atoms with Crippen molar-refractivity contribution in [3.63, 3.8) is 0 Å². The molecule has 0 bridgehead atoms. The van der Waals surface area contributed by atoms with Crippen LogP contribution in [0.1, 0.15) is 23.4 Å². The molecule has 0 spiro atoms. The molecule has 108 valence electrons. The molecule has 0 aliphatic carbocycles. The van der Waals surface area contributed by atoms with E-state index in [9.17, 15) is 5.11 Å². The van der Waals surface area contributed by atoms with Crippen LogP contribution in [0.4, 0.5) is 0 Å². The van der Waals surface area contributed by atoms with Gasteiger partial charge in [0.1, 0.15) is 0 Å². The minimum absolute atomic E-state index is 0.107. The van der Waals surface area contributed by atoms with Crippen LogP contribution in [0.2, 0.25) is 5.02 Å². The summed E-state index contributed by atoms with van der Waals surface area (Å²) in [7, 11) is 0. The van der Waals surface area contributed by atoms with E-state index in [0.29, 0.717) is 18.0 Å². The molecule has 1 aromatic heterocycles. The summed E-state index contributed by atoms with van der Waals surface area (Å²) in [6.07, 6.45) is 0.589. The number of aryl methyl sites for hydroxylation is 2. The van der Waals surface area contributed by atoms with Crippen molar-refractivity contribution in [2.45, 2.75) is 32.4 Å². The summed E-state index contributed by atoms with van der Waals surface area (Å²) in [5.41, 5.74) is 8.24. The number of nitrogens with zero attached hydrogens (tertiary/aromatic N) is 2. The van der Waals surface area contributed by atoms with Crippen LogP contribution in [0.5, 0.6) is 0 Å². The first kappa shape index (κ1) is 15.0. The molecule has 1 unspecified atom stereocenters. The summed E-state index contributed by atoms with van der Waals surface area (Å²) < 4.78 is 1.85. The molecule has 1 aromatic carbocycles. The predicted molar refractivity (Wildman–Crippen MR) is 80.7 cm³/mol. The van der Waals surface area contributed by atoms with Crippen LogP contribution in [0, 0.1) is 13.8 Å². The molecule has 0 aliphatic heterocycles. The number of rotatable bonds is 5. The Morgan fingerprint density at radius 2 is 1.95 bits per heavy atom. The molecule has 2 rings (SSSR count). The largest absolute Gasteiger partial charge is 0.394 e. The Morgan fingerprint density at radius 3 is 2.45 bits per heavy atom. The van der Waals surface area contributed by atoms with Crippen LogP contribution in [-0.2, 0) is 12.1 Å². The lowest BCUT2D eigenvalue weighted by molar-refractivity contribution is 0.180. The monoisotopic (exact) mass is 293 g/mol. The number of aromatic nitrogens is 2. The van der Waals surface area contributed by atoms with Gasteiger partial charge in [0.2, 0.25) is 0 Å². The van der Waals surface area contributed by atoms with Crippen molar-refractivity contribution < 1.29 is 5.11 Å². The van der Waals surface area contributed by atoms with Crippen LogP contribution in [-0.4, -0.2) is 21.5 Å². The van der Waals surface area contributed by atoms with E-state index < -0.39 is 5.54 Å². The number of hydrogen-bond donors (Lipinski definition) is 2.